The SMILES string of the molecule is CCC1CCCC(OC(=O)c2cc([N+](=O)[O-])ccc2Br)C1. The van der Waals surface area contributed by atoms with E-state index in [9.17, 15) is 14.9 Å². The number of ether oxygens (including phenoxy) is 1. The van der Waals surface area contributed by atoms with Gasteiger partial charge in [-0.15, -0.1) is 0 Å². The maximum absolute atomic E-state index is 12.2. The van der Waals surface area contributed by atoms with E-state index in [1.165, 1.54) is 24.6 Å². The summed E-state index contributed by atoms with van der Waals surface area (Å²) >= 11 is 3.25. The summed E-state index contributed by atoms with van der Waals surface area (Å²) in [7, 11) is 0. The van der Waals surface area contributed by atoms with Gasteiger partial charge in [-0.05, 0) is 47.2 Å². The third-order valence-corrected chi connectivity index (χ3v) is 4.66. The zero-order valence-corrected chi connectivity index (χ0v) is 13.5. The molecule has 5 nitrogen and oxygen atoms in total. The molecule has 1 aliphatic carbocycles. The van der Waals surface area contributed by atoms with Crippen LogP contribution in [0.15, 0.2) is 22.7 Å². The zero-order valence-electron chi connectivity index (χ0n) is 11.9. The molecule has 0 spiro atoms. The van der Waals surface area contributed by atoms with Crippen LogP contribution in [0, 0.1) is 16.0 Å². The van der Waals surface area contributed by atoms with Crippen LogP contribution >= 0.6 is 15.9 Å². The summed E-state index contributed by atoms with van der Waals surface area (Å²) in [6, 6.07) is 4.12. The minimum atomic E-state index is -0.517. The maximum atomic E-state index is 12.2. The molecular weight excluding hydrogens is 338 g/mol. The van der Waals surface area contributed by atoms with Crippen molar-refractivity contribution in [3.8, 4) is 0 Å². The average Bonchev–Trinajstić information content (AvgIpc) is 2.47. The van der Waals surface area contributed by atoms with Gasteiger partial charge in [0.2, 0.25) is 0 Å². The molecule has 0 heterocycles. The lowest BCUT2D eigenvalue weighted by Gasteiger charge is -2.28. The topological polar surface area (TPSA) is 69.4 Å². The van der Waals surface area contributed by atoms with Gasteiger partial charge in [0, 0.05) is 16.6 Å². The number of nitro benzene ring substituents is 1. The molecule has 2 unspecified atom stereocenters. The largest absolute Gasteiger partial charge is 0.459 e. The van der Waals surface area contributed by atoms with Crippen LogP contribution in [-0.2, 0) is 4.74 Å². The molecule has 21 heavy (non-hydrogen) atoms. The highest BCUT2D eigenvalue weighted by atomic mass is 79.9. The molecule has 6 heteroatoms. The van der Waals surface area contributed by atoms with E-state index >= 15 is 0 Å². The lowest BCUT2D eigenvalue weighted by Crippen LogP contribution is -2.25. The van der Waals surface area contributed by atoms with Gasteiger partial charge in [-0.1, -0.05) is 19.8 Å². The van der Waals surface area contributed by atoms with Gasteiger partial charge in [-0.3, -0.25) is 10.1 Å². The van der Waals surface area contributed by atoms with Gasteiger partial charge < -0.3 is 4.74 Å². The van der Waals surface area contributed by atoms with Gasteiger partial charge >= 0.3 is 5.97 Å². The van der Waals surface area contributed by atoms with Crippen LogP contribution in [0.2, 0.25) is 0 Å². The Bertz CT molecular complexity index is 546. The molecule has 0 aliphatic heterocycles. The van der Waals surface area contributed by atoms with Crippen molar-refractivity contribution in [2.75, 3.05) is 0 Å². The second-order valence-corrected chi connectivity index (χ2v) is 6.24. The minimum absolute atomic E-state index is 0.0811. The van der Waals surface area contributed by atoms with Crippen molar-refractivity contribution in [1.29, 1.82) is 0 Å². The van der Waals surface area contributed by atoms with Gasteiger partial charge in [0.05, 0.1) is 10.5 Å². The first-order valence-electron chi connectivity index (χ1n) is 7.16. The second kappa shape index (κ2) is 7.02. The Morgan fingerprint density at radius 2 is 2.24 bits per heavy atom. The van der Waals surface area contributed by atoms with Crippen LogP contribution in [0.25, 0.3) is 0 Å². The van der Waals surface area contributed by atoms with E-state index in [0.29, 0.717) is 10.4 Å². The quantitative estimate of drug-likeness (QED) is 0.453. The van der Waals surface area contributed by atoms with E-state index in [-0.39, 0.29) is 17.4 Å². The van der Waals surface area contributed by atoms with Crippen LogP contribution in [0.1, 0.15) is 49.4 Å². The van der Waals surface area contributed by atoms with Crippen LogP contribution in [0.5, 0.6) is 0 Å². The van der Waals surface area contributed by atoms with E-state index in [2.05, 4.69) is 22.9 Å². The summed E-state index contributed by atoms with van der Waals surface area (Å²) in [6.07, 6.45) is 5.01. The summed E-state index contributed by atoms with van der Waals surface area (Å²) in [4.78, 5) is 22.5. The van der Waals surface area contributed by atoms with Crippen molar-refractivity contribution in [3.63, 3.8) is 0 Å². The number of nitrogens with zero attached hydrogens (tertiary/aromatic N) is 1. The summed E-state index contributed by atoms with van der Waals surface area (Å²) in [5, 5.41) is 10.8. The smallest absolute Gasteiger partial charge is 0.339 e. The van der Waals surface area contributed by atoms with Crippen molar-refractivity contribution in [1.82, 2.24) is 0 Å². The number of rotatable bonds is 4. The lowest BCUT2D eigenvalue weighted by atomic mass is 9.85. The first-order chi connectivity index (χ1) is 10.0. The standard InChI is InChI=1S/C15H18BrNO4/c1-2-10-4-3-5-12(8-10)21-15(18)13-9-11(17(19)20)6-7-14(13)16/h6-7,9-10,12H,2-5,8H2,1H3. The molecule has 1 fully saturated rings. The number of esters is 1. The maximum Gasteiger partial charge on any atom is 0.339 e. The molecule has 2 atom stereocenters. The number of carbonyl (C=O) groups excluding carboxylic acids is 1. The number of non-ortho nitro benzene ring substituents is 1. The predicted octanol–water partition coefficient (Wildman–Crippen LogP) is 4.48. The second-order valence-electron chi connectivity index (χ2n) is 5.39. The molecule has 1 aromatic carbocycles. The van der Waals surface area contributed by atoms with Gasteiger partial charge in [0.1, 0.15) is 6.10 Å². The van der Waals surface area contributed by atoms with E-state index in [0.717, 1.165) is 25.7 Å². The Morgan fingerprint density at radius 3 is 2.90 bits per heavy atom. The molecule has 0 amide bonds. The van der Waals surface area contributed by atoms with E-state index in [4.69, 9.17) is 4.74 Å². The Morgan fingerprint density at radius 1 is 1.48 bits per heavy atom. The summed E-state index contributed by atoms with van der Waals surface area (Å²) in [6.45, 7) is 2.14. The third-order valence-electron chi connectivity index (χ3n) is 3.97. The number of carbonyl (C=O) groups is 1. The Balaban J connectivity index is 2.09. The minimum Gasteiger partial charge on any atom is -0.459 e. The van der Waals surface area contributed by atoms with Gasteiger partial charge in [-0.25, -0.2) is 4.79 Å². The molecule has 2 rings (SSSR count). The monoisotopic (exact) mass is 355 g/mol. The predicted molar refractivity (Wildman–Crippen MR) is 82.2 cm³/mol. The first kappa shape index (κ1) is 15.9. The van der Waals surface area contributed by atoms with Crippen LogP contribution < -0.4 is 0 Å². The zero-order chi connectivity index (χ0) is 15.4. The van der Waals surface area contributed by atoms with Crippen molar-refractivity contribution < 1.29 is 14.5 Å². The fourth-order valence-electron chi connectivity index (χ4n) is 2.72. The summed E-state index contributed by atoms with van der Waals surface area (Å²) < 4.78 is 6.05. The number of hydrogen-bond donors (Lipinski definition) is 0. The molecule has 0 saturated heterocycles. The van der Waals surface area contributed by atoms with Crippen molar-refractivity contribution >= 4 is 27.6 Å². The third kappa shape index (κ3) is 4.03. The number of nitro groups is 1. The summed E-state index contributed by atoms with van der Waals surface area (Å²) in [5.41, 5.74) is 0.100. The normalized spacial score (nSPS) is 21.8. The highest BCUT2D eigenvalue weighted by Crippen LogP contribution is 2.30. The van der Waals surface area contributed by atoms with Crippen molar-refractivity contribution in [2.45, 2.75) is 45.1 Å². The molecule has 0 bridgehead atoms. The van der Waals surface area contributed by atoms with Gasteiger partial charge in [-0.2, -0.15) is 0 Å². The van der Waals surface area contributed by atoms with Crippen molar-refractivity contribution in [2.24, 2.45) is 5.92 Å². The fourth-order valence-corrected chi connectivity index (χ4v) is 3.13. The molecule has 0 N–H and O–H groups in total. The molecule has 0 radical (unpaired) electrons. The molecule has 0 aromatic heterocycles. The molecule has 1 aromatic rings. The van der Waals surface area contributed by atoms with Gasteiger partial charge in [0.15, 0.2) is 0 Å². The average molecular weight is 356 g/mol. The Labute approximate surface area is 132 Å². The van der Waals surface area contributed by atoms with Crippen LogP contribution in [-0.4, -0.2) is 17.0 Å². The number of halogens is 1. The molecule has 1 saturated carbocycles. The molecular formula is C15H18BrNO4. The van der Waals surface area contributed by atoms with E-state index in [1.54, 1.807) is 0 Å². The lowest BCUT2D eigenvalue weighted by molar-refractivity contribution is -0.384. The van der Waals surface area contributed by atoms with Crippen molar-refractivity contribution in [3.05, 3.63) is 38.3 Å². The number of benzene rings is 1. The Hall–Kier alpha value is -1.43. The first-order valence-corrected chi connectivity index (χ1v) is 7.95. The highest BCUT2D eigenvalue weighted by Gasteiger charge is 2.25. The number of hydrogen-bond acceptors (Lipinski definition) is 4. The summed E-state index contributed by atoms with van der Waals surface area (Å²) in [5.74, 6) is 0.109. The van der Waals surface area contributed by atoms with Crippen LogP contribution in [0.3, 0.4) is 0 Å². The highest BCUT2D eigenvalue weighted by molar-refractivity contribution is 9.10. The molecule has 114 valence electrons. The Kier molecular flexibility index (Phi) is 5.33. The van der Waals surface area contributed by atoms with E-state index < -0.39 is 10.9 Å². The van der Waals surface area contributed by atoms with Crippen LogP contribution in [0.4, 0.5) is 5.69 Å². The van der Waals surface area contributed by atoms with Gasteiger partial charge in [0.25, 0.3) is 5.69 Å². The fraction of sp³-hybridized carbons (Fsp3) is 0.533. The molecule has 1 aliphatic rings. The van der Waals surface area contributed by atoms with E-state index in [1.807, 2.05) is 0 Å².